The Balaban J connectivity index is 2.10. The second kappa shape index (κ2) is 4.94. The minimum Gasteiger partial charge on any atom is -0.316 e. The van der Waals surface area contributed by atoms with Gasteiger partial charge in [-0.2, -0.15) is 0 Å². The van der Waals surface area contributed by atoms with Gasteiger partial charge in [-0.1, -0.05) is 11.6 Å². The third-order valence-electron chi connectivity index (χ3n) is 3.68. The van der Waals surface area contributed by atoms with Crippen molar-refractivity contribution in [2.24, 2.45) is 0 Å². The Labute approximate surface area is 117 Å². The molecule has 1 fully saturated rings. The van der Waals surface area contributed by atoms with Gasteiger partial charge < -0.3 is 5.32 Å². The van der Waals surface area contributed by atoms with E-state index in [0.717, 1.165) is 47.4 Å². The first-order valence-corrected chi connectivity index (χ1v) is 6.94. The molecule has 0 bridgehead atoms. The van der Waals surface area contributed by atoms with Gasteiger partial charge in [0.05, 0.1) is 5.69 Å². The van der Waals surface area contributed by atoms with Gasteiger partial charge >= 0.3 is 0 Å². The van der Waals surface area contributed by atoms with E-state index in [-0.39, 0.29) is 0 Å². The monoisotopic (exact) mass is 276 g/mol. The van der Waals surface area contributed by atoms with Crippen LogP contribution in [0.1, 0.15) is 29.6 Å². The molecule has 0 spiro atoms. The van der Waals surface area contributed by atoms with E-state index in [9.17, 15) is 0 Å². The lowest BCUT2D eigenvalue weighted by Gasteiger charge is -2.14. The first-order valence-electron chi connectivity index (χ1n) is 6.56. The summed E-state index contributed by atoms with van der Waals surface area (Å²) in [6.45, 7) is 6.09. The van der Waals surface area contributed by atoms with Crippen LogP contribution in [-0.4, -0.2) is 27.9 Å². The fraction of sp³-hybridized carbons (Fsp3) is 0.429. The highest BCUT2D eigenvalue weighted by molar-refractivity contribution is 6.30. The van der Waals surface area contributed by atoms with Crippen LogP contribution in [0.25, 0.3) is 5.69 Å². The molecular formula is C14H17ClN4. The standard InChI is InChI=1S/C14H17ClN4/c1-9-7-12(15)3-4-13(9)19-10(2)17-18-14(19)11-5-6-16-8-11/h3-4,7,11,16H,5-6,8H2,1-2H3. The lowest BCUT2D eigenvalue weighted by atomic mass is 10.1. The van der Waals surface area contributed by atoms with Crippen molar-refractivity contribution in [3.8, 4) is 5.69 Å². The van der Waals surface area contributed by atoms with Crippen molar-refractivity contribution in [2.45, 2.75) is 26.2 Å². The summed E-state index contributed by atoms with van der Waals surface area (Å²) in [6.07, 6.45) is 1.12. The van der Waals surface area contributed by atoms with Crippen LogP contribution in [0.2, 0.25) is 5.02 Å². The topological polar surface area (TPSA) is 42.7 Å². The molecule has 0 radical (unpaired) electrons. The molecule has 1 aromatic heterocycles. The maximum atomic E-state index is 6.03. The average Bonchev–Trinajstić information content (AvgIpc) is 2.99. The molecule has 2 heterocycles. The molecule has 100 valence electrons. The molecule has 1 aliphatic heterocycles. The summed E-state index contributed by atoms with van der Waals surface area (Å²) in [6, 6.07) is 5.94. The highest BCUT2D eigenvalue weighted by atomic mass is 35.5. The summed E-state index contributed by atoms with van der Waals surface area (Å²) in [5.41, 5.74) is 2.26. The Hall–Kier alpha value is -1.39. The van der Waals surface area contributed by atoms with E-state index in [0.29, 0.717) is 5.92 Å². The van der Waals surface area contributed by atoms with Gasteiger partial charge in [-0.25, -0.2) is 0 Å². The molecule has 1 aliphatic rings. The van der Waals surface area contributed by atoms with Crippen LogP contribution >= 0.6 is 11.6 Å². The fourth-order valence-electron chi connectivity index (χ4n) is 2.69. The Morgan fingerprint density at radius 2 is 2.16 bits per heavy atom. The number of benzene rings is 1. The van der Waals surface area contributed by atoms with Crippen molar-refractivity contribution in [1.29, 1.82) is 0 Å². The largest absolute Gasteiger partial charge is 0.316 e. The number of hydrogen-bond donors (Lipinski definition) is 1. The molecule has 4 nitrogen and oxygen atoms in total. The summed E-state index contributed by atoms with van der Waals surface area (Å²) < 4.78 is 2.16. The average molecular weight is 277 g/mol. The molecule has 5 heteroatoms. The molecule has 2 aromatic rings. The zero-order chi connectivity index (χ0) is 13.4. The second-order valence-electron chi connectivity index (χ2n) is 5.06. The van der Waals surface area contributed by atoms with Crippen molar-refractivity contribution in [1.82, 2.24) is 20.1 Å². The molecule has 1 N–H and O–H groups in total. The van der Waals surface area contributed by atoms with Crippen LogP contribution in [0.5, 0.6) is 0 Å². The third-order valence-corrected chi connectivity index (χ3v) is 3.91. The van der Waals surface area contributed by atoms with Crippen LogP contribution in [0, 0.1) is 13.8 Å². The lowest BCUT2D eigenvalue weighted by Crippen LogP contribution is -2.13. The van der Waals surface area contributed by atoms with Gasteiger partial charge in [0, 0.05) is 17.5 Å². The van der Waals surface area contributed by atoms with Gasteiger partial charge in [-0.15, -0.1) is 10.2 Å². The van der Waals surface area contributed by atoms with Crippen molar-refractivity contribution in [3.63, 3.8) is 0 Å². The minimum absolute atomic E-state index is 0.441. The van der Waals surface area contributed by atoms with E-state index >= 15 is 0 Å². The molecule has 1 aromatic carbocycles. The van der Waals surface area contributed by atoms with Crippen molar-refractivity contribution in [2.75, 3.05) is 13.1 Å². The maximum Gasteiger partial charge on any atom is 0.142 e. The SMILES string of the molecule is Cc1cc(Cl)ccc1-n1c(C)nnc1C1CCNC1. The van der Waals surface area contributed by atoms with Crippen LogP contribution in [0.15, 0.2) is 18.2 Å². The van der Waals surface area contributed by atoms with Gasteiger partial charge in [0.15, 0.2) is 0 Å². The highest BCUT2D eigenvalue weighted by Crippen LogP contribution is 2.27. The Bertz CT molecular complexity index is 599. The molecule has 0 saturated carbocycles. The van der Waals surface area contributed by atoms with E-state index in [1.165, 1.54) is 0 Å². The number of halogens is 1. The summed E-state index contributed by atoms with van der Waals surface area (Å²) in [5, 5.41) is 12.8. The number of nitrogens with zero attached hydrogens (tertiary/aromatic N) is 3. The summed E-state index contributed by atoms with van der Waals surface area (Å²) in [5.74, 6) is 2.41. The summed E-state index contributed by atoms with van der Waals surface area (Å²) >= 11 is 6.03. The molecule has 3 rings (SSSR count). The second-order valence-corrected chi connectivity index (χ2v) is 5.50. The number of aryl methyl sites for hydroxylation is 2. The summed E-state index contributed by atoms with van der Waals surface area (Å²) in [4.78, 5) is 0. The molecule has 0 aliphatic carbocycles. The maximum absolute atomic E-state index is 6.03. The van der Waals surface area contributed by atoms with Crippen LogP contribution in [0.3, 0.4) is 0 Å². The van der Waals surface area contributed by atoms with E-state index in [2.05, 4.69) is 27.0 Å². The Morgan fingerprint density at radius 1 is 1.32 bits per heavy atom. The van der Waals surface area contributed by atoms with E-state index in [4.69, 9.17) is 11.6 Å². The number of hydrogen-bond acceptors (Lipinski definition) is 3. The smallest absolute Gasteiger partial charge is 0.142 e. The first kappa shape index (κ1) is 12.6. The van der Waals surface area contributed by atoms with Crippen molar-refractivity contribution < 1.29 is 0 Å². The van der Waals surface area contributed by atoms with Crippen molar-refractivity contribution in [3.05, 3.63) is 40.4 Å². The van der Waals surface area contributed by atoms with Crippen LogP contribution in [0.4, 0.5) is 0 Å². The predicted octanol–water partition coefficient (Wildman–Crippen LogP) is 2.61. The zero-order valence-corrected chi connectivity index (χ0v) is 11.9. The van der Waals surface area contributed by atoms with Crippen molar-refractivity contribution >= 4 is 11.6 Å². The molecular weight excluding hydrogens is 260 g/mol. The lowest BCUT2D eigenvalue weighted by molar-refractivity contribution is 0.679. The quantitative estimate of drug-likeness (QED) is 0.917. The van der Waals surface area contributed by atoms with Crippen LogP contribution in [-0.2, 0) is 0 Å². The number of aromatic nitrogens is 3. The van der Waals surface area contributed by atoms with Gasteiger partial charge in [-0.05, 0) is 50.6 Å². The first-order chi connectivity index (χ1) is 9.16. The Morgan fingerprint density at radius 3 is 2.84 bits per heavy atom. The van der Waals surface area contributed by atoms with E-state index in [1.54, 1.807) is 0 Å². The normalized spacial score (nSPS) is 19.0. The molecule has 19 heavy (non-hydrogen) atoms. The van der Waals surface area contributed by atoms with Gasteiger partial charge in [0.2, 0.25) is 0 Å². The van der Waals surface area contributed by atoms with E-state index < -0.39 is 0 Å². The predicted molar refractivity (Wildman–Crippen MR) is 76.1 cm³/mol. The summed E-state index contributed by atoms with van der Waals surface area (Å²) in [7, 11) is 0. The molecule has 1 unspecified atom stereocenters. The fourth-order valence-corrected chi connectivity index (χ4v) is 2.91. The van der Waals surface area contributed by atoms with Gasteiger partial charge in [0.1, 0.15) is 11.6 Å². The zero-order valence-electron chi connectivity index (χ0n) is 11.2. The number of rotatable bonds is 2. The van der Waals surface area contributed by atoms with Crippen LogP contribution < -0.4 is 5.32 Å². The third kappa shape index (κ3) is 2.26. The Kier molecular flexibility index (Phi) is 3.29. The molecule has 1 atom stereocenters. The molecule has 1 saturated heterocycles. The minimum atomic E-state index is 0.441. The molecule has 0 amide bonds. The number of nitrogens with one attached hydrogen (secondary N) is 1. The van der Waals surface area contributed by atoms with Gasteiger partial charge in [0.25, 0.3) is 0 Å². The van der Waals surface area contributed by atoms with Gasteiger partial charge in [-0.3, -0.25) is 4.57 Å². The highest BCUT2D eigenvalue weighted by Gasteiger charge is 2.24. The van der Waals surface area contributed by atoms with E-state index in [1.807, 2.05) is 25.1 Å².